The number of urea groups is 2. The second kappa shape index (κ2) is 19.2. The van der Waals surface area contributed by atoms with Crippen molar-refractivity contribution >= 4 is 81.6 Å². The summed E-state index contributed by atoms with van der Waals surface area (Å²) in [4.78, 5) is 82.2. The first-order valence-corrected chi connectivity index (χ1v) is 20.7. The molecular formula is C43H42Cl2F2N8O8. The van der Waals surface area contributed by atoms with E-state index in [1.165, 1.54) is 65.4 Å². The van der Waals surface area contributed by atoms with E-state index in [2.05, 4.69) is 21.3 Å². The van der Waals surface area contributed by atoms with Gasteiger partial charge in [0.1, 0.15) is 24.7 Å². The van der Waals surface area contributed by atoms with Gasteiger partial charge in [-0.3, -0.25) is 19.2 Å². The van der Waals surface area contributed by atoms with Crippen LogP contribution < -0.4 is 26.0 Å². The monoisotopic (exact) mass is 906 g/mol. The number of phenolic OH excluding ortho intramolecular Hbond substituents is 1. The summed E-state index contributed by atoms with van der Waals surface area (Å²) < 4.78 is 32.6. The third kappa shape index (κ3) is 9.71. The van der Waals surface area contributed by atoms with Crippen LogP contribution in [0.2, 0.25) is 10.0 Å². The summed E-state index contributed by atoms with van der Waals surface area (Å²) >= 11 is 11.7. The Labute approximate surface area is 370 Å². The number of carbonyl (C=O) groups excluding carboxylic acids is 6. The van der Waals surface area contributed by atoms with Gasteiger partial charge in [-0.05, 0) is 74.2 Å². The van der Waals surface area contributed by atoms with Gasteiger partial charge in [0.05, 0.1) is 51.0 Å². The van der Waals surface area contributed by atoms with Crippen molar-refractivity contribution in [2.24, 2.45) is 0 Å². The summed E-state index contributed by atoms with van der Waals surface area (Å²) in [5, 5.41) is 20.0. The zero-order valence-electron chi connectivity index (χ0n) is 33.8. The number of para-hydroxylation sites is 2. The van der Waals surface area contributed by atoms with Crippen LogP contribution in [0.1, 0.15) is 46.4 Å². The predicted molar refractivity (Wildman–Crippen MR) is 230 cm³/mol. The molecular weight excluding hydrogens is 865 g/mol. The number of piperazine rings is 2. The van der Waals surface area contributed by atoms with Gasteiger partial charge in [-0.2, -0.15) is 0 Å². The number of halogens is 4. The minimum absolute atomic E-state index is 0.00422. The smallest absolute Gasteiger partial charge is 0.323 e. The quantitative estimate of drug-likeness (QED) is 0.124. The summed E-state index contributed by atoms with van der Waals surface area (Å²) in [6.07, 6.45) is 3.56. The number of hydrogen-bond donors (Lipinski definition) is 5. The molecule has 4 aromatic rings. The lowest BCUT2D eigenvalue weighted by molar-refractivity contribution is -0.137. The Morgan fingerprint density at radius 2 is 1.05 bits per heavy atom. The van der Waals surface area contributed by atoms with Gasteiger partial charge >= 0.3 is 12.1 Å². The van der Waals surface area contributed by atoms with Gasteiger partial charge in [-0.15, -0.1) is 0 Å². The summed E-state index contributed by atoms with van der Waals surface area (Å²) in [7, 11) is 1.39. The van der Waals surface area contributed by atoms with E-state index in [4.69, 9.17) is 27.9 Å². The number of hydrogen-bond acceptors (Lipinski definition) is 8. The molecule has 4 fully saturated rings. The van der Waals surface area contributed by atoms with Gasteiger partial charge in [0.2, 0.25) is 11.8 Å². The van der Waals surface area contributed by atoms with Gasteiger partial charge in [-0.1, -0.05) is 47.5 Å². The lowest BCUT2D eigenvalue weighted by atomic mass is 10.1. The summed E-state index contributed by atoms with van der Waals surface area (Å²) in [5.41, 5.74) is 0.590. The fourth-order valence-electron chi connectivity index (χ4n) is 8.10. The van der Waals surface area contributed by atoms with Crippen LogP contribution >= 0.6 is 23.2 Å². The Morgan fingerprint density at radius 1 is 0.635 bits per heavy atom. The minimum Gasteiger partial charge on any atom is -0.505 e. The standard InChI is InChI=1S/C22H22ClFN4O4.C21H20ClFN4O4/c1-32-20-14(21(30)27-11-13-5-4-10-28(13)18(29)12-27)6-2-9-17(20)26-22(31)25-16-8-3-7-15(24)19(16)23;22-18-14(23)6-2-7-15(18)24-21(31)25-16-8-1-5-13(19(16)29)20(30)26-10-12-4-3-9-27(12)17(28)11-26/h2-3,6-9,13H,4-5,10-12H2,1H3,(H2,25,26,31);1-2,5-8,12,29H,3-4,9-11H2,(H2,24,25,31). The zero-order chi connectivity index (χ0) is 44.9. The number of carbonyl (C=O) groups is 6. The molecule has 0 saturated carbocycles. The number of anilines is 4. The molecule has 0 bridgehead atoms. The maximum absolute atomic E-state index is 13.6. The number of methoxy groups -OCH3 is 1. The topological polar surface area (TPSA) is 193 Å². The first-order chi connectivity index (χ1) is 30.2. The van der Waals surface area contributed by atoms with Gasteiger partial charge < -0.3 is 50.7 Å². The largest absolute Gasteiger partial charge is 0.505 e. The van der Waals surface area contributed by atoms with Gasteiger partial charge in [0.15, 0.2) is 11.5 Å². The van der Waals surface area contributed by atoms with E-state index in [0.717, 1.165) is 38.3 Å². The Hall–Kier alpha value is -6.66. The maximum atomic E-state index is 13.6. The van der Waals surface area contributed by atoms with Crippen LogP contribution in [0.15, 0.2) is 72.8 Å². The van der Waals surface area contributed by atoms with Crippen molar-refractivity contribution in [2.75, 3.05) is 67.6 Å². The molecule has 2 atom stereocenters. The molecule has 16 nitrogen and oxygen atoms in total. The van der Waals surface area contributed by atoms with Crippen molar-refractivity contribution in [1.82, 2.24) is 19.6 Å². The number of nitrogens with zero attached hydrogens (tertiary/aromatic N) is 4. The normalized spacial score (nSPS) is 17.9. The third-order valence-electron chi connectivity index (χ3n) is 11.1. The second-order valence-electron chi connectivity index (χ2n) is 15.1. The van der Waals surface area contributed by atoms with Crippen LogP contribution in [-0.4, -0.2) is 119 Å². The summed E-state index contributed by atoms with van der Waals surface area (Å²) in [6, 6.07) is 15.7. The molecule has 0 aromatic heterocycles. The molecule has 4 aliphatic rings. The van der Waals surface area contributed by atoms with Crippen LogP contribution in [0, 0.1) is 11.6 Å². The summed E-state index contributed by atoms with van der Waals surface area (Å²) in [6.45, 7) is 2.27. The Balaban J connectivity index is 0.000000189. The Morgan fingerprint density at radius 3 is 1.56 bits per heavy atom. The number of ether oxygens (including phenoxy) is 1. The molecule has 20 heteroatoms. The molecule has 8 rings (SSSR count). The number of rotatable bonds is 7. The van der Waals surface area contributed by atoms with E-state index in [1.807, 2.05) is 4.90 Å². The number of amides is 8. The molecule has 4 aliphatic heterocycles. The first-order valence-electron chi connectivity index (χ1n) is 19.9. The number of aromatic hydroxyl groups is 1. The molecule has 0 aliphatic carbocycles. The lowest BCUT2D eigenvalue weighted by Crippen LogP contribution is -2.55. The number of phenols is 1. The fraction of sp³-hybridized carbons (Fsp3) is 0.302. The molecule has 4 heterocycles. The average molecular weight is 908 g/mol. The number of benzene rings is 4. The Bertz CT molecular complexity index is 2480. The summed E-state index contributed by atoms with van der Waals surface area (Å²) in [5.74, 6) is -2.62. The lowest BCUT2D eigenvalue weighted by Gasteiger charge is -2.37. The van der Waals surface area contributed by atoms with Gasteiger partial charge in [0.25, 0.3) is 11.8 Å². The van der Waals surface area contributed by atoms with E-state index < -0.39 is 35.4 Å². The number of fused-ring (bicyclic) bond motifs is 2. The van der Waals surface area contributed by atoms with Gasteiger partial charge in [-0.25, -0.2) is 18.4 Å². The van der Waals surface area contributed by atoms with E-state index in [1.54, 1.807) is 23.1 Å². The molecule has 330 valence electrons. The van der Waals surface area contributed by atoms with E-state index in [-0.39, 0.29) is 92.6 Å². The second-order valence-corrected chi connectivity index (χ2v) is 15.8. The van der Waals surface area contributed by atoms with E-state index in [0.29, 0.717) is 19.6 Å². The van der Waals surface area contributed by atoms with E-state index in [9.17, 15) is 42.7 Å². The zero-order valence-corrected chi connectivity index (χ0v) is 35.3. The van der Waals surface area contributed by atoms with Crippen molar-refractivity contribution < 1.29 is 47.4 Å². The molecule has 4 saturated heterocycles. The van der Waals surface area contributed by atoms with Crippen molar-refractivity contribution in [3.63, 3.8) is 0 Å². The van der Waals surface area contributed by atoms with Crippen LogP contribution in [-0.2, 0) is 9.59 Å². The highest BCUT2D eigenvalue weighted by Crippen LogP contribution is 2.34. The van der Waals surface area contributed by atoms with Crippen molar-refractivity contribution in [2.45, 2.75) is 37.8 Å². The van der Waals surface area contributed by atoms with Crippen molar-refractivity contribution in [1.29, 1.82) is 0 Å². The highest BCUT2D eigenvalue weighted by Gasteiger charge is 2.39. The molecule has 63 heavy (non-hydrogen) atoms. The molecule has 5 N–H and O–H groups in total. The maximum Gasteiger partial charge on any atom is 0.323 e. The van der Waals surface area contributed by atoms with Crippen LogP contribution in [0.4, 0.5) is 41.1 Å². The SMILES string of the molecule is COc1c(NC(=O)Nc2cccc(F)c2Cl)cccc1C(=O)N1CC(=O)N2CCCC2C1.O=C(Nc1cccc(C(=O)N2CC(=O)N3CCCC3C2)c1O)Nc1cccc(F)c1Cl. The molecule has 4 aromatic carbocycles. The molecule has 8 amide bonds. The van der Waals surface area contributed by atoms with Crippen LogP contribution in [0.5, 0.6) is 11.5 Å². The third-order valence-corrected chi connectivity index (χ3v) is 11.9. The van der Waals surface area contributed by atoms with E-state index >= 15 is 0 Å². The molecule has 0 spiro atoms. The highest BCUT2D eigenvalue weighted by atomic mass is 35.5. The predicted octanol–water partition coefficient (Wildman–Crippen LogP) is 6.85. The number of nitrogens with one attached hydrogen (secondary N) is 4. The minimum atomic E-state index is -0.776. The van der Waals surface area contributed by atoms with Crippen LogP contribution in [0.3, 0.4) is 0 Å². The van der Waals surface area contributed by atoms with Crippen LogP contribution in [0.25, 0.3) is 0 Å². The van der Waals surface area contributed by atoms with Gasteiger partial charge in [0, 0.05) is 38.3 Å². The molecule has 0 radical (unpaired) electrons. The first kappa shape index (κ1) is 44.4. The Kier molecular flexibility index (Phi) is 13.5. The fourth-order valence-corrected chi connectivity index (χ4v) is 8.44. The van der Waals surface area contributed by atoms with Crippen molar-refractivity contribution in [3.05, 3.63) is 106 Å². The van der Waals surface area contributed by atoms with Crippen molar-refractivity contribution in [3.8, 4) is 11.5 Å². The average Bonchev–Trinajstić information content (AvgIpc) is 3.96. The highest BCUT2D eigenvalue weighted by molar-refractivity contribution is 6.34. The molecule has 2 unspecified atom stereocenters.